The number of fused-ring (bicyclic) bond motifs is 1. The van der Waals surface area contributed by atoms with E-state index < -0.39 is 11.8 Å². The lowest BCUT2D eigenvalue weighted by Gasteiger charge is -2.04. The van der Waals surface area contributed by atoms with Crippen LogP contribution in [-0.2, 0) is 0 Å². The zero-order chi connectivity index (χ0) is 14.8. The van der Waals surface area contributed by atoms with Gasteiger partial charge in [0.2, 0.25) is 0 Å². The highest BCUT2D eigenvalue weighted by Gasteiger charge is 2.11. The van der Waals surface area contributed by atoms with E-state index in [1.807, 2.05) is 18.2 Å². The van der Waals surface area contributed by atoms with Crippen LogP contribution in [0.2, 0.25) is 0 Å². The number of hydrogen-bond acceptors (Lipinski definition) is 2. The number of hydrogen-bond donors (Lipinski definition) is 4. The Labute approximate surface area is 128 Å². The molecule has 0 saturated heterocycles. The summed E-state index contributed by atoms with van der Waals surface area (Å²) in [7, 11) is 0. The summed E-state index contributed by atoms with van der Waals surface area (Å²) in [5.74, 6) is -0.825. The molecule has 2 heterocycles. The molecule has 0 aliphatic rings. The zero-order valence-corrected chi connectivity index (χ0v) is 12.3. The molecule has 0 aliphatic heterocycles. The second-order valence-electron chi connectivity index (χ2n) is 4.41. The molecule has 7 heteroatoms. The molecule has 3 aromatic rings. The Morgan fingerprint density at radius 2 is 1.76 bits per heavy atom. The van der Waals surface area contributed by atoms with Gasteiger partial charge in [-0.2, -0.15) is 0 Å². The summed E-state index contributed by atoms with van der Waals surface area (Å²) in [4.78, 5) is 29.4. The van der Waals surface area contributed by atoms with Crippen LogP contribution in [0.1, 0.15) is 21.0 Å². The van der Waals surface area contributed by atoms with E-state index >= 15 is 0 Å². The van der Waals surface area contributed by atoms with Gasteiger partial charge < -0.3 is 9.97 Å². The third-order valence-electron chi connectivity index (χ3n) is 2.96. The number of H-pyrrole nitrogens is 2. The molecule has 1 aromatic carbocycles. The Hall–Kier alpha value is -2.54. The molecule has 3 rings (SSSR count). The van der Waals surface area contributed by atoms with Crippen LogP contribution in [0.4, 0.5) is 0 Å². The second-order valence-corrected chi connectivity index (χ2v) is 5.32. The number of carbonyl (C=O) groups is 2. The van der Waals surface area contributed by atoms with Gasteiger partial charge in [0.15, 0.2) is 0 Å². The highest BCUT2D eigenvalue weighted by molar-refractivity contribution is 9.10. The molecule has 21 heavy (non-hydrogen) atoms. The lowest BCUT2D eigenvalue weighted by Crippen LogP contribution is -2.41. The molecule has 0 aliphatic carbocycles. The van der Waals surface area contributed by atoms with Crippen molar-refractivity contribution in [3.8, 4) is 0 Å². The maximum Gasteiger partial charge on any atom is 0.286 e. The highest BCUT2D eigenvalue weighted by Crippen LogP contribution is 2.20. The molecule has 0 atom stereocenters. The van der Waals surface area contributed by atoms with Gasteiger partial charge in [-0.3, -0.25) is 20.4 Å². The lowest BCUT2D eigenvalue weighted by atomic mass is 10.2. The zero-order valence-electron chi connectivity index (χ0n) is 10.7. The number of aromatic nitrogens is 2. The van der Waals surface area contributed by atoms with Crippen molar-refractivity contribution in [2.45, 2.75) is 0 Å². The Morgan fingerprint density at radius 1 is 1.00 bits per heavy atom. The lowest BCUT2D eigenvalue weighted by molar-refractivity contribution is 0.0842. The van der Waals surface area contributed by atoms with Gasteiger partial charge in [0.25, 0.3) is 11.8 Å². The summed E-state index contributed by atoms with van der Waals surface area (Å²) in [6, 6.07) is 10.7. The van der Waals surface area contributed by atoms with E-state index in [1.165, 1.54) is 0 Å². The molecule has 4 N–H and O–H groups in total. The topological polar surface area (TPSA) is 89.8 Å². The molecule has 6 nitrogen and oxygen atoms in total. The van der Waals surface area contributed by atoms with E-state index in [4.69, 9.17) is 0 Å². The van der Waals surface area contributed by atoms with Gasteiger partial charge in [0.05, 0.1) is 0 Å². The Bertz CT molecular complexity index is 808. The SMILES string of the molecule is O=C(NNC(=O)c1cc2cc(Br)ccc2[nH]1)c1ccc[nH]1. The first-order valence-electron chi connectivity index (χ1n) is 6.16. The van der Waals surface area contributed by atoms with Crippen LogP contribution in [0.3, 0.4) is 0 Å². The van der Waals surface area contributed by atoms with Gasteiger partial charge in [0.1, 0.15) is 11.4 Å². The number of nitrogens with one attached hydrogen (secondary N) is 4. The smallest absolute Gasteiger partial charge is 0.286 e. The van der Waals surface area contributed by atoms with Crippen LogP contribution in [-0.4, -0.2) is 21.8 Å². The van der Waals surface area contributed by atoms with Gasteiger partial charge in [-0.05, 0) is 36.4 Å². The third kappa shape index (κ3) is 2.82. The first kappa shape index (κ1) is 13.4. The van der Waals surface area contributed by atoms with Crippen molar-refractivity contribution in [2.24, 2.45) is 0 Å². The molecule has 2 aromatic heterocycles. The summed E-state index contributed by atoms with van der Waals surface area (Å²) in [6.45, 7) is 0. The Morgan fingerprint density at radius 3 is 2.48 bits per heavy atom. The second kappa shape index (κ2) is 5.45. The predicted octanol–water partition coefficient (Wildman–Crippen LogP) is 2.33. The third-order valence-corrected chi connectivity index (χ3v) is 3.45. The summed E-state index contributed by atoms with van der Waals surface area (Å²) >= 11 is 3.38. The molecule has 2 amide bonds. The van der Waals surface area contributed by atoms with Gasteiger partial charge in [-0.25, -0.2) is 0 Å². The molecule has 0 saturated carbocycles. The molecule has 0 bridgehead atoms. The van der Waals surface area contributed by atoms with Gasteiger partial charge in [0, 0.05) is 21.6 Å². The van der Waals surface area contributed by atoms with E-state index in [-0.39, 0.29) is 0 Å². The molecule has 0 fully saturated rings. The fraction of sp³-hybridized carbons (Fsp3) is 0. The van der Waals surface area contributed by atoms with E-state index in [2.05, 4.69) is 36.7 Å². The average molecular weight is 347 g/mol. The van der Waals surface area contributed by atoms with E-state index in [9.17, 15) is 9.59 Å². The molecular weight excluding hydrogens is 336 g/mol. The number of aromatic amines is 2. The van der Waals surface area contributed by atoms with Gasteiger partial charge in [-0.15, -0.1) is 0 Å². The van der Waals surface area contributed by atoms with Crippen molar-refractivity contribution in [2.75, 3.05) is 0 Å². The fourth-order valence-electron chi connectivity index (χ4n) is 1.95. The standard InChI is InChI=1S/C14H11BrN4O2/c15-9-3-4-10-8(6-9)7-12(17-10)14(21)19-18-13(20)11-2-1-5-16-11/h1-7,16-17H,(H,18,20)(H,19,21). The predicted molar refractivity (Wildman–Crippen MR) is 81.7 cm³/mol. The molecule has 0 spiro atoms. The summed E-state index contributed by atoms with van der Waals surface area (Å²) in [5.41, 5.74) is 6.29. The maximum absolute atomic E-state index is 12.0. The van der Waals surface area contributed by atoms with Crippen LogP contribution in [0.5, 0.6) is 0 Å². The minimum absolute atomic E-state index is 0.370. The van der Waals surface area contributed by atoms with Crippen LogP contribution in [0.25, 0.3) is 10.9 Å². The Balaban J connectivity index is 1.70. The quantitative estimate of drug-likeness (QED) is 0.536. The minimum Gasteiger partial charge on any atom is -0.357 e. The van der Waals surface area contributed by atoms with Crippen LogP contribution in [0, 0.1) is 0 Å². The number of benzene rings is 1. The average Bonchev–Trinajstić information content (AvgIpc) is 3.12. The first-order valence-corrected chi connectivity index (χ1v) is 6.95. The molecular formula is C14H11BrN4O2. The van der Waals surface area contributed by atoms with Crippen molar-refractivity contribution >= 4 is 38.6 Å². The highest BCUT2D eigenvalue weighted by atomic mass is 79.9. The number of amides is 2. The fourth-order valence-corrected chi connectivity index (χ4v) is 2.32. The largest absolute Gasteiger partial charge is 0.357 e. The monoisotopic (exact) mass is 346 g/mol. The van der Waals surface area contributed by atoms with Crippen molar-refractivity contribution < 1.29 is 9.59 Å². The number of hydrazine groups is 1. The van der Waals surface area contributed by atoms with Gasteiger partial charge >= 0.3 is 0 Å². The summed E-state index contributed by atoms with van der Waals surface area (Å²) in [5, 5.41) is 0.908. The van der Waals surface area contributed by atoms with Gasteiger partial charge in [-0.1, -0.05) is 15.9 Å². The number of carbonyl (C=O) groups excluding carboxylic acids is 2. The summed E-state index contributed by atoms with van der Waals surface area (Å²) in [6.07, 6.45) is 1.63. The molecule has 0 unspecified atom stereocenters. The van der Waals surface area contributed by atoms with Crippen molar-refractivity contribution in [3.63, 3.8) is 0 Å². The van der Waals surface area contributed by atoms with E-state index in [0.29, 0.717) is 11.4 Å². The van der Waals surface area contributed by atoms with Crippen LogP contribution in [0.15, 0.2) is 47.1 Å². The number of halogens is 1. The minimum atomic E-state index is -0.415. The number of rotatable bonds is 2. The summed E-state index contributed by atoms with van der Waals surface area (Å²) < 4.78 is 0.931. The Kier molecular flexibility index (Phi) is 3.49. The van der Waals surface area contributed by atoms with E-state index in [0.717, 1.165) is 15.4 Å². The van der Waals surface area contributed by atoms with Crippen molar-refractivity contribution in [3.05, 3.63) is 58.5 Å². The van der Waals surface area contributed by atoms with Crippen LogP contribution >= 0.6 is 15.9 Å². The molecule has 106 valence electrons. The maximum atomic E-state index is 12.0. The molecule has 0 radical (unpaired) electrons. The van der Waals surface area contributed by atoms with Crippen LogP contribution < -0.4 is 10.9 Å². The van der Waals surface area contributed by atoms with Crippen molar-refractivity contribution in [1.29, 1.82) is 0 Å². The van der Waals surface area contributed by atoms with E-state index in [1.54, 1.807) is 24.4 Å². The van der Waals surface area contributed by atoms with Crippen molar-refractivity contribution in [1.82, 2.24) is 20.8 Å². The first-order chi connectivity index (χ1) is 10.1. The normalized spacial score (nSPS) is 10.5.